The molecule has 0 atom stereocenters. The number of methoxy groups -OCH3 is 1. The maximum Gasteiger partial charge on any atom is 0.257 e. The van der Waals surface area contributed by atoms with Crippen molar-refractivity contribution in [3.63, 3.8) is 0 Å². The van der Waals surface area contributed by atoms with Gasteiger partial charge in [-0.25, -0.2) is 13.9 Å². The van der Waals surface area contributed by atoms with Crippen LogP contribution >= 0.6 is 11.6 Å². The lowest BCUT2D eigenvalue weighted by atomic mass is 10.0. The van der Waals surface area contributed by atoms with Gasteiger partial charge in [-0.05, 0) is 37.6 Å². The second-order valence-electron chi connectivity index (χ2n) is 7.43. The van der Waals surface area contributed by atoms with E-state index in [0.717, 1.165) is 16.8 Å². The molecule has 0 aliphatic carbocycles. The summed E-state index contributed by atoms with van der Waals surface area (Å²) in [7, 11) is 1.59. The van der Waals surface area contributed by atoms with Crippen molar-refractivity contribution in [1.29, 1.82) is 0 Å². The van der Waals surface area contributed by atoms with Crippen molar-refractivity contribution >= 4 is 23.2 Å². The lowest BCUT2D eigenvalue weighted by Gasteiger charge is -2.13. The van der Waals surface area contributed by atoms with Crippen LogP contribution in [0.25, 0.3) is 5.65 Å². The number of ether oxygens (including phenoxy) is 1. The van der Waals surface area contributed by atoms with E-state index in [1.807, 2.05) is 38.1 Å². The number of benzene rings is 2. The second kappa shape index (κ2) is 8.96. The van der Waals surface area contributed by atoms with Gasteiger partial charge in [0.15, 0.2) is 5.65 Å². The van der Waals surface area contributed by atoms with Gasteiger partial charge in [0.05, 0.1) is 13.3 Å². The number of carbonyl (C=O) groups excluding carboxylic acids is 1. The van der Waals surface area contributed by atoms with E-state index in [-0.39, 0.29) is 18.1 Å². The molecule has 0 unspecified atom stereocenters. The fourth-order valence-corrected chi connectivity index (χ4v) is 3.95. The summed E-state index contributed by atoms with van der Waals surface area (Å²) >= 11 is 6.21. The van der Waals surface area contributed by atoms with Crippen molar-refractivity contribution in [2.75, 3.05) is 7.11 Å². The van der Waals surface area contributed by atoms with Gasteiger partial charge in [0.2, 0.25) is 0 Å². The molecule has 8 heteroatoms. The number of fused-ring (bicyclic) bond motifs is 1. The first-order valence-electron chi connectivity index (χ1n) is 10.1. The molecule has 2 aromatic carbocycles. The molecule has 4 aromatic rings. The largest absolute Gasteiger partial charge is 0.496 e. The molecule has 0 aliphatic rings. The van der Waals surface area contributed by atoms with Crippen LogP contribution in [0.3, 0.4) is 0 Å². The van der Waals surface area contributed by atoms with Crippen LogP contribution in [0, 0.1) is 19.7 Å². The molecule has 0 spiro atoms. The number of amides is 1. The highest BCUT2D eigenvalue weighted by molar-refractivity contribution is 6.31. The first kappa shape index (κ1) is 21.8. The van der Waals surface area contributed by atoms with Gasteiger partial charge in [0, 0.05) is 40.5 Å². The molecule has 0 radical (unpaired) electrons. The van der Waals surface area contributed by atoms with E-state index in [1.54, 1.807) is 23.8 Å². The summed E-state index contributed by atoms with van der Waals surface area (Å²) in [4.78, 5) is 17.5. The smallest absolute Gasteiger partial charge is 0.257 e. The molecule has 0 saturated carbocycles. The van der Waals surface area contributed by atoms with Crippen LogP contribution in [0.1, 0.15) is 38.4 Å². The third kappa shape index (κ3) is 4.03. The van der Waals surface area contributed by atoms with Crippen molar-refractivity contribution in [3.8, 4) is 5.75 Å². The van der Waals surface area contributed by atoms with E-state index >= 15 is 0 Å². The number of halogens is 2. The number of para-hydroxylation sites is 1. The molecule has 1 amide bonds. The Labute approximate surface area is 190 Å². The summed E-state index contributed by atoms with van der Waals surface area (Å²) in [6.07, 6.45) is 1.77. The summed E-state index contributed by atoms with van der Waals surface area (Å²) < 4.78 is 21.3. The van der Waals surface area contributed by atoms with Crippen molar-refractivity contribution in [3.05, 3.63) is 93.1 Å². The topological polar surface area (TPSA) is 68.5 Å². The van der Waals surface area contributed by atoms with Crippen molar-refractivity contribution < 1.29 is 13.9 Å². The number of nitrogens with zero attached hydrogens (tertiary/aromatic N) is 3. The van der Waals surface area contributed by atoms with Crippen LogP contribution in [0.5, 0.6) is 5.75 Å². The standard InChI is InChI=1S/C24H22ClFN4O2/c1-14-17(11-18-20(25)8-6-9-21(18)26)15(2)30-23(29-14)19(13-28-30)24(31)27-12-16-7-4-5-10-22(16)32-3/h4-10,13H,11-12H2,1-3H3,(H,27,31). The fraction of sp³-hybridized carbons (Fsp3) is 0.208. The highest BCUT2D eigenvalue weighted by atomic mass is 35.5. The monoisotopic (exact) mass is 452 g/mol. The maximum absolute atomic E-state index is 14.3. The minimum atomic E-state index is -0.367. The van der Waals surface area contributed by atoms with Crippen LogP contribution in [0.15, 0.2) is 48.7 Å². The Kier molecular flexibility index (Phi) is 6.10. The van der Waals surface area contributed by atoms with Crippen molar-refractivity contribution in [2.24, 2.45) is 0 Å². The van der Waals surface area contributed by atoms with E-state index in [1.165, 1.54) is 12.3 Å². The van der Waals surface area contributed by atoms with Gasteiger partial charge in [0.1, 0.15) is 17.1 Å². The minimum Gasteiger partial charge on any atom is -0.496 e. The SMILES string of the molecule is COc1ccccc1CNC(=O)c1cnn2c(C)c(Cc3c(F)cccc3Cl)c(C)nc12. The van der Waals surface area contributed by atoms with E-state index in [4.69, 9.17) is 16.3 Å². The average Bonchev–Trinajstić information content (AvgIpc) is 3.20. The molecule has 32 heavy (non-hydrogen) atoms. The molecule has 4 rings (SSSR count). The molecular formula is C24H22ClFN4O2. The van der Waals surface area contributed by atoms with Crippen LogP contribution in [0.2, 0.25) is 5.02 Å². The Morgan fingerprint density at radius 2 is 1.94 bits per heavy atom. The van der Waals surface area contributed by atoms with E-state index in [2.05, 4.69) is 15.4 Å². The van der Waals surface area contributed by atoms with Gasteiger partial charge in [-0.3, -0.25) is 4.79 Å². The average molecular weight is 453 g/mol. The van der Waals surface area contributed by atoms with Gasteiger partial charge in [-0.15, -0.1) is 0 Å². The Hall–Kier alpha value is -3.45. The van der Waals surface area contributed by atoms with Crippen LogP contribution in [-0.4, -0.2) is 27.6 Å². The predicted molar refractivity (Wildman–Crippen MR) is 121 cm³/mol. The molecule has 2 heterocycles. The molecule has 1 N–H and O–H groups in total. The second-order valence-corrected chi connectivity index (χ2v) is 7.83. The zero-order valence-electron chi connectivity index (χ0n) is 17.9. The van der Waals surface area contributed by atoms with Gasteiger partial charge >= 0.3 is 0 Å². The lowest BCUT2D eigenvalue weighted by molar-refractivity contribution is 0.0952. The third-order valence-electron chi connectivity index (χ3n) is 5.50. The van der Waals surface area contributed by atoms with Gasteiger partial charge in [-0.1, -0.05) is 35.9 Å². The number of nitrogens with one attached hydrogen (secondary N) is 1. The van der Waals surface area contributed by atoms with Crippen LogP contribution < -0.4 is 10.1 Å². The van der Waals surface area contributed by atoms with Gasteiger partial charge in [0.25, 0.3) is 5.91 Å². The summed E-state index contributed by atoms with van der Waals surface area (Å²) in [5.74, 6) is 0.0456. The van der Waals surface area contributed by atoms with E-state index < -0.39 is 0 Å². The third-order valence-corrected chi connectivity index (χ3v) is 5.85. The predicted octanol–water partition coefficient (Wildman–Crippen LogP) is 4.67. The summed E-state index contributed by atoms with van der Waals surface area (Å²) in [6, 6.07) is 12.1. The highest BCUT2D eigenvalue weighted by Crippen LogP contribution is 2.26. The molecule has 0 saturated heterocycles. The first-order valence-corrected chi connectivity index (χ1v) is 10.4. The van der Waals surface area contributed by atoms with Gasteiger partial charge < -0.3 is 10.1 Å². The number of aromatic nitrogens is 3. The number of rotatable bonds is 6. The molecule has 2 aromatic heterocycles. The number of carbonyl (C=O) groups is 1. The number of aryl methyl sites for hydroxylation is 2. The summed E-state index contributed by atoms with van der Waals surface area (Å²) in [5, 5.41) is 7.62. The zero-order valence-corrected chi connectivity index (χ0v) is 18.7. The first-order chi connectivity index (χ1) is 15.4. The van der Waals surface area contributed by atoms with E-state index in [0.29, 0.717) is 39.8 Å². The molecule has 0 aliphatic heterocycles. The molecule has 0 bridgehead atoms. The Morgan fingerprint density at radius 1 is 1.16 bits per heavy atom. The number of hydrogen-bond donors (Lipinski definition) is 1. The van der Waals surface area contributed by atoms with Crippen LogP contribution in [-0.2, 0) is 13.0 Å². The summed E-state index contributed by atoms with van der Waals surface area (Å²) in [6.45, 7) is 4.01. The summed E-state index contributed by atoms with van der Waals surface area (Å²) in [5.41, 5.74) is 4.35. The molecule has 164 valence electrons. The van der Waals surface area contributed by atoms with E-state index in [9.17, 15) is 9.18 Å². The quantitative estimate of drug-likeness (QED) is 0.461. The molecule has 0 fully saturated rings. The fourth-order valence-electron chi connectivity index (χ4n) is 3.72. The van der Waals surface area contributed by atoms with Gasteiger partial charge in [-0.2, -0.15) is 5.10 Å². The normalized spacial score (nSPS) is 11.0. The Balaban J connectivity index is 1.63. The van der Waals surface area contributed by atoms with Crippen LogP contribution in [0.4, 0.5) is 4.39 Å². The zero-order chi connectivity index (χ0) is 22.8. The lowest BCUT2D eigenvalue weighted by Crippen LogP contribution is -2.23. The molecular weight excluding hydrogens is 431 g/mol. The number of hydrogen-bond acceptors (Lipinski definition) is 4. The molecule has 6 nitrogen and oxygen atoms in total. The Bertz CT molecular complexity index is 1300. The van der Waals surface area contributed by atoms with Crippen molar-refractivity contribution in [2.45, 2.75) is 26.8 Å². The maximum atomic E-state index is 14.3. The highest BCUT2D eigenvalue weighted by Gasteiger charge is 2.20. The minimum absolute atomic E-state index is 0.279. The van der Waals surface area contributed by atoms with Crippen molar-refractivity contribution in [1.82, 2.24) is 19.9 Å². The Morgan fingerprint density at radius 3 is 2.69 bits per heavy atom.